The summed E-state index contributed by atoms with van der Waals surface area (Å²) in [7, 11) is 0. The Bertz CT molecular complexity index is 1030. The van der Waals surface area contributed by atoms with E-state index in [1.807, 2.05) is 11.0 Å². The fraction of sp³-hybridized carbons (Fsp3) is 0.708. The van der Waals surface area contributed by atoms with E-state index in [0.717, 1.165) is 87.4 Å². The predicted molar refractivity (Wildman–Crippen MR) is 122 cm³/mol. The third-order valence-corrected chi connectivity index (χ3v) is 7.53. The number of likely N-dealkylation sites (tertiary alicyclic amines) is 1. The normalized spacial score (nSPS) is 22.7. The van der Waals surface area contributed by atoms with Crippen LogP contribution in [0.1, 0.15) is 75.2 Å². The van der Waals surface area contributed by atoms with E-state index in [9.17, 15) is 9.59 Å². The van der Waals surface area contributed by atoms with Gasteiger partial charge in [0.25, 0.3) is 5.56 Å². The Labute approximate surface area is 188 Å². The average Bonchev–Trinajstić information content (AvgIpc) is 3.47. The number of rotatable bonds is 5. The molecule has 1 atom stereocenters. The molecule has 174 valence electrons. The second-order valence-electron chi connectivity index (χ2n) is 9.89. The second-order valence-corrected chi connectivity index (χ2v) is 9.89. The number of hydrogen-bond donors (Lipinski definition) is 1. The summed E-state index contributed by atoms with van der Waals surface area (Å²) in [5.41, 5.74) is 3.58. The van der Waals surface area contributed by atoms with E-state index in [4.69, 9.17) is 9.72 Å². The molecule has 0 radical (unpaired) electrons. The van der Waals surface area contributed by atoms with Gasteiger partial charge in [-0.2, -0.15) is 0 Å². The van der Waals surface area contributed by atoms with Crippen molar-refractivity contribution >= 4 is 11.6 Å². The number of ether oxygens (including phenoxy) is 1. The summed E-state index contributed by atoms with van der Waals surface area (Å²) in [5.74, 6) is 0.568. The van der Waals surface area contributed by atoms with Crippen molar-refractivity contribution in [2.24, 2.45) is 0 Å². The Morgan fingerprint density at radius 1 is 1.25 bits per heavy atom. The fourth-order valence-corrected chi connectivity index (χ4v) is 5.43. The quantitative estimate of drug-likeness (QED) is 0.771. The van der Waals surface area contributed by atoms with Crippen LogP contribution in [0.25, 0.3) is 5.65 Å². The third-order valence-electron chi connectivity index (χ3n) is 7.53. The van der Waals surface area contributed by atoms with Crippen LogP contribution in [0, 0.1) is 0 Å². The summed E-state index contributed by atoms with van der Waals surface area (Å²) >= 11 is 0. The van der Waals surface area contributed by atoms with Gasteiger partial charge in [0.2, 0.25) is 5.91 Å². The topological polar surface area (TPSA) is 82.9 Å². The number of nitrogens with zero attached hydrogens (tertiary/aromatic N) is 4. The molecule has 8 heteroatoms. The molecule has 5 rings (SSSR count). The number of H-pyrrole nitrogens is 1. The zero-order valence-electron chi connectivity index (χ0n) is 19.3. The SMILES string of the molecule is CC(C)N1CCc2nc3cc(C4CCN(C(=O)CCC5CCCO5)CC4)[nH]n3c(=O)c2C1. The Hall–Kier alpha value is -2.19. The number of amides is 1. The van der Waals surface area contributed by atoms with Crippen molar-refractivity contribution in [2.45, 2.75) is 83.4 Å². The number of piperidine rings is 1. The molecule has 1 N–H and O–H groups in total. The van der Waals surface area contributed by atoms with Gasteiger partial charge in [0.05, 0.1) is 17.4 Å². The highest BCUT2D eigenvalue weighted by Gasteiger charge is 2.28. The number of carbonyl (C=O) groups is 1. The van der Waals surface area contributed by atoms with Gasteiger partial charge >= 0.3 is 0 Å². The van der Waals surface area contributed by atoms with Gasteiger partial charge in [-0.3, -0.25) is 19.6 Å². The lowest BCUT2D eigenvalue weighted by atomic mass is 9.93. The van der Waals surface area contributed by atoms with Crippen LogP contribution >= 0.6 is 0 Å². The molecule has 8 nitrogen and oxygen atoms in total. The first-order valence-corrected chi connectivity index (χ1v) is 12.3. The van der Waals surface area contributed by atoms with Crippen molar-refractivity contribution in [2.75, 3.05) is 26.2 Å². The summed E-state index contributed by atoms with van der Waals surface area (Å²) in [6.07, 6.45) is 6.54. The maximum absolute atomic E-state index is 13.2. The molecule has 2 aromatic heterocycles. The summed E-state index contributed by atoms with van der Waals surface area (Å²) in [4.78, 5) is 34.9. The van der Waals surface area contributed by atoms with Gasteiger partial charge < -0.3 is 9.64 Å². The van der Waals surface area contributed by atoms with Crippen LogP contribution in [0.4, 0.5) is 0 Å². The molecule has 1 unspecified atom stereocenters. The number of carbonyl (C=O) groups excluding carboxylic acids is 1. The smallest absolute Gasteiger partial charge is 0.277 e. The monoisotopic (exact) mass is 441 g/mol. The molecule has 0 spiro atoms. The molecule has 2 aromatic rings. The lowest BCUT2D eigenvalue weighted by Crippen LogP contribution is -2.40. The Kier molecular flexibility index (Phi) is 6.07. The molecule has 3 aliphatic heterocycles. The zero-order chi connectivity index (χ0) is 22.2. The highest BCUT2D eigenvalue weighted by molar-refractivity contribution is 5.76. The molecule has 1 amide bonds. The Balaban J connectivity index is 1.24. The summed E-state index contributed by atoms with van der Waals surface area (Å²) in [6.45, 7) is 8.33. The van der Waals surface area contributed by atoms with Crippen LogP contribution in [0.2, 0.25) is 0 Å². The highest BCUT2D eigenvalue weighted by Crippen LogP contribution is 2.28. The van der Waals surface area contributed by atoms with Gasteiger partial charge in [0.1, 0.15) is 0 Å². The summed E-state index contributed by atoms with van der Waals surface area (Å²) in [5, 5.41) is 3.34. The number of aromatic nitrogens is 3. The molecule has 2 saturated heterocycles. The third kappa shape index (κ3) is 4.22. The van der Waals surface area contributed by atoms with Crippen LogP contribution < -0.4 is 5.56 Å². The van der Waals surface area contributed by atoms with E-state index < -0.39 is 0 Å². The molecule has 0 aromatic carbocycles. The lowest BCUT2D eigenvalue weighted by Gasteiger charge is -2.31. The van der Waals surface area contributed by atoms with Gasteiger partial charge in [-0.05, 0) is 46.0 Å². The highest BCUT2D eigenvalue weighted by atomic mass is 16.5. The van der Waals surface area contributed by atoms with Gasteiger partial charge in [-0.25, -0.2) is 9.50 Å². The van der Waals surface area contributed by atoms with Crippen molar-refractivity contribution in [1.82, 2.24) is 24.4 Å². The fourth-order valence-electron chi connectivity index (χ4n) is 5.43. The minimum Gasteiger partial charge on any atom is -0.378 e. The number of aromatic amines is 1. The van der Waals surface area contributed by atoms with E-state index >= 15 is 0 Å². The maximum Gasteiger partial charge on any atom is 0.277 e. The lowest BCUT2D eigenvalue weighted by molar-refractivity contribution is -0.132. The Morgan fingerprint density at radius 3 is 2.78 bits per heavy atom. The second kappa shape index (κ2) is 8.98. The first-order valence-electron chi connectivity index (χ1n) is 12.3. The van der Waals surface area contributed by atoms with E-state index in [2.05, 4.69) is 23.8 Å². The summed E-state index contributed by atoms with van der Waals surface area (Å²) in [6, 6.07) is 2.46. The van der Waals surface area contributed by atoms with Crippen LogP contribution in [0.15, 0.2) is 10.9 Å². The van der Waals surface area contributed by atoms with Crippen LogP contribution in [0.5, 0.6) is 0 Å². The van der Waals surface area contributed by atoms with Crippen molar-refractivity contribution in [3.63, 3.8) is 0 Å². The molecule has 5 heterocycles. The van der Waals surface area contributed by atoms with Crippen LogP contribution in [-0.4, -0.2) is 68.7 Å². The maximum atomic E-state index is 13.2. The summed E-state index contributed by atoms with van der Waals surface area (Å²) < 4.78 is 7.27. The van der Waals surface area contributed by atoms with Gasteiger partial charge in [-0.1, -0.05) is 0 Å². The molecular weight excluding hydrogens is 406 g/mol. The zero-order valence-corrected chi connectivity index (χ0v) is 19.3. The van der Waals surface area contributed by atoms with Gasteiger partial charge in [0, 0.05) is 69.3 Å². The number of hydrogen-bond acceptors (Lipinski definition) is 5. The number of fused-ring (bicyclic) bond motifs is 2. The van der Waals surface area contributed by atoms with Crippen molar-refractivity contribution < 1.29 is 9.53 Å². The Morgan fingerprint density at radius 2 is 2.06 bits per heavy atom. The van der Waals surface area contributed by atoms with Crippen LogP contribution in [0.3, 0.4) is 0 Å². The van der Waals surface area contributed by atoms with Crippen molar-refractivity contribution in [1.29, 1.82) is 0 Å². The van der Waals surface area contributed by atoms with E-state index in [1.54, 1.807) is 4.52 Å². The minimum atomic E-state index is 0.0309. The molecule has 3 aliphatic rings. The van der Waals surface area contributed by atoms with Crippen LogP contribution in [-0.2, 0) is 22.5 Å². The van der Waals surface area contributed by atoms with E-state index in [-0.39, 0.29) is 17.6 Å². The molecule has 2 fully saturated rings. The molecule has 32 heavy (non-hydrogen) atoms. The van der Waals surface area contributed by atoms with Gasteiger partial charge in [0.15, 0.2) is 5.65 Å². The van der Waals surface area contributed by atoms with Crippen molar-refractivity contribution in [3.05, 3.63) is 33.4 Å². The first kappa shape index (κ1) is 21.6. The van der Waals surface area contributed by atoms with Crippen molar-refractivity contribution in [3.8, 4) is 0 Å². The molecule has 0 bridgehead atoms. The largest absolute Gasteiger partial charge is 0.378 e. The number of nitrogens with one attached hydrogen (secondary N) is 1. The van der Waals surface area contributed by atoms with E-state index in [1.165, 1.54) is 0 Å². The first-order chi connectivity index (χ1) is 15.5. The molecule has 0 saturated carbocycles. The average molecular weight is 442 g/mol. The van der Waals surface area contributed by atoms with E-state index in [0.29, 0.717) is 24.9 Å². The molecule has 0 aliphatic carbocycles. The standard InChI is InChI=1S/C24H35N5O3/c1-16(2)28-12-9-20-19(15-28)24(31)29-22(25-20)14-21(26-29)17-7-10-27(11-8-17)23(30)6-5-18-4-3-13-32-18/h14,16-18,26H,3-13,15H2,1-2H3. The molecular formula is C24H35N5O3. The minimum absolute atomic E-state index is 0.0309. The van der Waals surface area contributed by atoms with Gasteiger partial charge in [-0.15, -0.1) is 0 Å². The predicted octanol–water partition coefficient (Wildman–Crippen LogP) is 2.45.